The number of carbonyl (C=O) groups excluding carboxylic acids is 1. The summed E-state index contributed by atoms with van der Waals surface area (Å²) in [6, 6.07) is 13.3. The van der Waals surface area contributed by atoms with Crippen LogP contribution >= 0.6 is 34.5 Å². The topological polar surface area (TPSA) is 92.3 Å². The van der Waals surface area contributed by atoms with E-state index in [4.69, 9.17) is 41.8 Å². The zero-order chi connectivity index (χ0) is 29.3. The number of methoxy groups -OCH3 is 1. The maximum Gasteiger partial charge on any atom is 0.338 e. The first-order valence-corrected chi connectivity index (χ1v) is 14.4. The molecule has 11 heteroatoms. The number of rotatable bonds is 8. The maximum atomic E-state index is 14.0. The number of hydrogen-bond donors (Lipinski definition) is 0. The largest absolute Gasteiger partial charge is 0.493 e. The lowest BCUT2D eigenvalue weighted by molar-refractivity contribution is -0.139. The SMILES string of the molecule is CCOC(=O)C1=C(C)N=c2s/c(=C\c3ccc(-c4ccc(Cl)c(Cl)c4)o3)c(=O)n2[C@@H]1c1cccc(OC)c1OCC. The Morgan fingerprint density at radius 2 is 1.93 bits per heavy atom. The highest BCUT2D eigenvalue weighted by Gasteiger charge is 2.36. The molecule has 0 spiro atoms. The van der Waals surface area contributed by atoms with Gasteiger partial charge >= 0.3 is 5.97 Å². The van der Waals surface area contributed by atoms with Gasteiger partial charge in [0, 0.05) is 17.2 Å². The van der Waals surface area contributed by atoms with Gasteiger partial charge in [0.05, 0.1) is 46.2 Å². The summed E-state index contributed by atoms with van der Waals surface area (Å²) in [5.41, 5.74) is 1.69. The molecule has 0 bridgehead atoms. The number of aromatic nitrogens is 1. The number of benzene rings is 2. The van der Waals surface area contributed by atoms with Gasteiger partial charge in [0.15, 0.2) is 16.3 Å². The van der Waals surface area contributed by atoms with Crippen LogP contribution in [0.2, 0.25) is 10.0 Å². The molecule has 0 radical (unpaired) electrons. The molecule has 0 saturated carbocycles. The second-order valence-electron chi connectivity index (χ2n) is 8.94. The van der Waals surface area contributed by atoms with E-state index >= 15 is 0 Å². The monoisotopic (exact) mass is 612 g/mol. The molecule has 0 unspecified atom stereocenters. The Balaban J connectivity index is 1.68. The second-order valence-corrected chi connectivity index (χ2v) is 10.8. The molecule has 0 saturated heterocycles. The molecule has 8 nitrogen and oxygen atoms in total. The zero-order valence-corrected chi connectivity index (χ0v) is 25.0. The van der Waals surface area contributed by atoms with Crippen LogP contribution in [0.3, 0.4) is 0 Å². The van der Waals surface area contributed by atoms with Crippen molar-refractivity contribution in [2.45, 2.75) is 26.8 Å². The van der Waals surface area contributed by atoms with Gasteiger partial charge in [0.1, 0.15) is 17.6 Å². The predicted molar refractivity (Wildman–Crippen MR) is 159 cm³/mol. The van der Waals surface area contributed by atoms with Crippen LogP contribution in [0.5, 0.6) is 11.5 Å². The Morgan fingerprint density at radius 3 is 2.63 bits per heavy atom. The first-order chi connectivity index (χ1) is 19.8. The number of fused-ring (bicyclic) bond motifs is 1. The molecule has 0 N–H and O–H groups in total. The van der Waals surface area contributed by atoms with Gasteiger partial charge in [-0.3, -0.25) is 9.36 Å². The molecule has 2 aromatic heterocycles. The van der Waals surface area contributed by atoms with Crippen molar-refractivity contribution in [2.75, 3.05) is 20.3 Å². The highest BCUT2D eigenvalue weighted by molar-refractivity contribution is 7.07. The van der Waals surface area contributed by atoms with Gasteiger partial charge in [-0.25, -0.2) is 9.79 Å². The third-order valence-corrected chi connectivity index (χ3v) is 8.16. The summed E-state index contributed by atoms with van der Waals surface area (Å²) < 4.78 is 24.8. The van der Waals surface area contributed by atoms with E-state index in [2.05, 4.69) is 4.99 Å². The van der Waals surface area contributed by atoms with Crippen molar-refractivity contribution in [2.24, 2.45) is 4.99 Å². The van der Waals surface area contributed by atoms with Crippen LogP contribution in [0.4, 0.5) is 0 Å². The molecule has 212 valence electrons. The summed E-state index contributed by atoms with van der Waals surface area (Å²) in [5.74, 6) is 1.39. The van der Waals surface area contributed by atoms with E-state index in [9.17, 15) is 9.59 Å². The number of carbonyl (C=O) groups is 1. The molecular weight excluding hydrogens is 587 g/mol. The Hall–Kier alpha value is -3.79. The van der Waals surface area contributed by atoms with Gasteiger partial charge in [-0.1, -0.05) is 46.7 Å². The third kappa shape index (κ3) is 5.45. The number of allylic oxidation sites excluding steroid dienone is 1. The van der Waals surface area contributed by atoms with Crippen molar-refractivity contribution < 1.29 is 23.4 Å². The van der Waals surface area contributed by atoms with Gasteiger partial charge in [-0.05, 0) is 57.2 Å². The zero-order valence-electron chi connectivity index (χ0n) is 22.7. The normalized spacial score (nSPS) is 15.0. The minimum atomic E-state index is -0.854. The molecule has 0 fully saturated rings. The van der Waals surface area contributed by atoms with Gasteiger partial charge in [0.2, 0.25) is 0 Å². The van der Waals surface area contributed by atoms with Crippen LogP contribution < -0.4 is 24.4 Å². The number of ether oxygens (including phenoxy) is 3. The fourth-order valence-electron chi connectivity index (χ4n) is 4.66. The average molecular weight is 614 g/mol. The Morgan fingerprint density at radius 1 is 1.12 bits per heavy atom. The van der Waals surface area contributed by atoms with Crippen molar-refractivity contribution in [3.05, 3.63) is 101 Å². The molecule has 1 aliphatic rings. The maximum absolute atomic E-state index is 14.0. The van der Waals surface area contributed by atoms with Crippen LogP contribution in [0, 0.1) is 0 Å². The molecule has 1 aliphatic heterocycles. The van der Waals surface area contributed by atoms with E-state index in [1.165, 1.54) is 23.0 Å². The van der Waals surface area contributed by atoms with Crippen molar-refractivity contribution in [1.29, 1.82) is 0 Å². The van der Waals surface area contributed by atoms with Crippen molar-refractivity contribution in [3.8, 4) is 22.8 Å². The van der Waals surface area contributed by atoms with Crippen molar-refractivity contribution in [1.82, 2.24) is 4.57 Å². The molecular formula is C30H26Cl2N2O6S. The van der Waals surface area contributed by atoms with Gasteiger partial charge in [0.25, 0.3) is 5.56 Å². The van der Waals surface area contributed by atoms with Gasteiger partial charge in [-0.15, -0.1) is 0 Å². The summed E-state index contributed by atoms with van der Waals surface area (Å²) in [5, 5.41) is 0.853. The number of esters is 1. The minimum Gasteiger partial charge on any atom is -0.493 e. The number of para-hydroxylation sites is 1. The molecule has 0 amide bonds. The second kappa shape index (κ2) is 12.0. The fourth-order valence-corrected chi connectivity index (χ4v) is 5.98. The van der Waals surface area contributed by atoms with E-state index in [-0.39, 0.29) is 17.7 Å². The number of furan rings is 1. The standard InChI is InChI=1S/C30H26Cl2N2O6S/c1-5-38-27-19(8-7-9-23(27)37-4)26-25(29(36)39-6-2)16(3)33-30-34(26)28(35)24(41-30)15-18-11-13-22(40-18)17-10-12-20(31)21(32)14-17/h7-15,26H,5-6H2,1-4H3/b24-15-/t26-/m1/s1. The summed E-state index contributed by atoms with van der Waals surface area (Å²) >= 11 is 13.4. The number of thiazole rings is 1. The summed E-state index contributed by atoms with van der Waals surface area (Å²) in [6.07, 6.45) is 1.65. The lowest BCUT2D eigenvalue weighted by Crippen LogP contribution is -2.40. The van der Waals surface area contributed by atoms with Crippen LogP contribution in [-0.2, 0) is 9.53 Å². The average Bonchev–Trinajstić information content (AvgIpc) is 3.54. The third-order valence-electron chi connectivity index (χ3n) is 6.43. The van der Waals surface area contributed by atoms with Crippen LogP contribution in [0.1, 0.15) is 38.1 Å². The van der Waals surface area contributed by atoms with E-state index < -0.39 is 12.0 Å². The molecule has 1 atom stereocenters. The van der Waals surface area contributed by atoms with E-state index in [1.54, 1.807) is 62.4 Å². The summed E-state index contributed by atoms with van der Waals surface area (Å²) in [4.78, 5) is 32.3. The predicted octanol–water partition coefficient (Wildman–Crippen LogP) is 5.77. The van der Waals surface area contributed by atoms with E-state index in [0.29, 0.717) is 60.3 Å². The van der Waals surface area contributed by atoms with Gasteiger partial charge in [-0.2, -0.15) is 0 Å². The summed E-state index contributed by atoms with van der Waals surface area (Å²) in [7, 11) is 1.54. The van der Waals surface area contributed by atoms with Crippen LogP contribution in [0.25, 0.3) is 17.4 Å². The van der Waals surface area contributed by atoms with Crippen LogP contribution in [0.15, 0.2) is 74.0 Å². The van der Waals surface area contributed by atoms with E-state index in [1.807, 2.05) is 13.0 Å². The molecule has 4 aromatic rings. The Labute approximate surface area is 249 Å². The molecule has 0 aliphatic carbocycles. The quantitative estimate of drug-likeness (QED) is 0.234. The first kappa shape index (κ1) is 28.7. The molecule has 5 rings (SSSR count). The van der Waals surface area contributed by atoms with Gasteiger partial charge < -0.3 is 18.6 Å². The Bertz CT molecular complexity index is 1850. The molecule has 41 heavy (non-hydrogen) atoms. The Kier molecular flexibility index (Phi) is 8.40. The highest BCUT2D eigenvalue weighted by Crippen LogP contribution is 2.40. The summed E-state index contributed by atoms with van der Waals surface area (Å²) in [6.45, 7) is 5.83. The number of halogens is 2. The lowest BCUT2D eigenvalue weighted by Gasteiger charge is -2.26. The van der Waals surface area contributed by atoms with Crippen molar-refractivity contribution >= 4 is 46.6 Å². The highest BCUT2D eigenvalue weighted by atomic mass is 35.5. The molecule has 2 aromatic carbocycles. The lowest BCUT2D eigenvalue weighted by atomic mass is 9.94. The fraction of sp³-hybridized carbons (Fsp3) is 0.233. The van der Waals surface area contributed by atoms with Crippen molar-refractivity contribution in [3.63, 3.8) is 0 Å². The van der Waals surface area contributed by atoms with Crippen LogP contribution in [-0.4, -0.2) is 30.9 Å². The molecule has 3 heterocycles. The number of nitrogens with zero attached hydrogens (tertiary/aromatic N) is 2. The van der Waals surface area contributed by atoms with E-state index in [0.717, 1.165) is 5.56 Å². The first-order valence-electron chi connectivity index (χ1n) is 12.8. The smallest absolute Gasteiger partial charge is 0.338 e. The minimum absolute atomic E-state index is 0.169. The number of hydrogen-bond acceptors (Lipinski definition) is 8.